The minimum atomic E-state index is -0.0861. The second-order valence-corrected chi connectivity index (χ2v) is 6.16. The first kappa shape index (κ1) is 14.2. The Balaban J connectivity index is 1.50. The number of amides is 2. The first-order chi connectivity index (χ1) is 10.2. The van der Waals surface area contributed by atoms with E-state index in [2.05, 4.69) is 10.3 Å². The van der Waals surface area contributed by atoms with Crippen molar-refractivity contribution in [3.8, 4) is 0 Å². The Bertz CT molecular complexity index is 492. The molecule has 2 heterocycles. The number of carbonyl (C=O) groups is 2. The van der Waals surface area contributed by atoms with Gasteiger partial charge >= 0.3 is 0 Å². The largest absolute Gasteiger partial charge is 0.357 e. The number of aromatic amines is 1. The predicted octanol–water partition coefficient (Wildman–Crippen LogP) is 1.93. The van der Waals surface area contributed by atoms with Crippen LogP contribution in [0.25, 0.3) is 0 Å². The average Bonchev–Trinajstić information content (AvgIpc) is 3.19. The molecule has 1 aliphatic heterocycles. The van der Waals surface area contributed by atoms with Crippen molar-refractivity contribution < 1.29 is 9.59 Å². The van der Waals surface area contributed by atoms with Crippen LogP contribution in [0.1, 0.15) is 49.0 Å². The summed E-state index contributed by atoms with van der Waals surface area (Å²) in [6, 6.07) is 3.64. The number of nitrogens with zero attached hydrogens (tertiary/aromatic N) is 1. The first-order valence-electron chi connectivity index (χ1n) is 7.97. The van der Waals surface area contributed by atoms with Gasteiger partial charge in [-0.05, 0) is 31.4 Å². The summed E-state index contributed by atoms with van der Waals surface area (Å²) in [5, 5.41) is 3.00. The molecule has 0 aromatic carbocycles. The maximum Gasteiger partial charge on any atom is 0.267 e. The molecule has 1 atom stereocenters. The van der Waals surface area contributed by atoms with Gasteiger partial charge in [0.1, 0.15) is 5.69 Å². The number of rotatable bonds is 3. The smallest absolute Gasteiger partial charge is 0.267 e. The molecule has 2 N–H and O–H groups in total. The predicted molar refractivity (Wildman–Crippen MR) is 79.8 cm³/mol. The summed E-state index contributed by atoms with van der Waals surface area (Å²) in [5.41, 5.74) is 0.576. The maximum absolute atomic E-state index is 12.5. The Morgan fingerprint density at radius 2 is 2.00 bits per heavy atom. The zero-order valence-corrected chi connectivity index (χ0v) is 12.3. The van der Waals surface area contributed by atoms with E-state index in [1.807, 2.05) is 11.0 Å². The van der Waals surface area contributed by atoms with Crippen molar-refractivity contribution in [3.05, 3.63) is 24.0 Å². The molecule has 0 bridgehead atoms. The van der Waals surface area contributed by atoms with Crippen LogP contribution in [-0.2, 0) is 4.79 Å². The summed E-state index contributed by atoms with van der Waals surface area (Å²) in [7, 11) is 0. The minimum Gasteiger partial charge on any atom is -0.357 e. The Labute approximate surface area is 125 Å². The molecule has 114 valence electrons. The molecule has 21 heavy (non-hydrogen) atoms. The fourth-order valence-electron chi connectivity index (χ4n) is 3.42. The zero-order chi connectivity index (χ0) is 14.7. The van der Waals surface area contributed by atoms with Gasteiger partial charge in [-0.25, -0.2) is 0 Å². The highest BCUT2D eigenvalue weighted by molar-refractivity contribution is 5.92. The van der Waals surface area contributed by atoms with Crippen LogP contribution in [0, 0.1) is 5.92 Å². The Morgan fingerprint density at radius 1 is 1.19 bits per heavy atom. The zero-order valence-electron chi connectivity index (χ0n) is 12.3. The summed E-state index contributed by atoms with van der Waals surface area (Å²) < 4.78 is 0. The van der Waals surface area contributed by atoms with E-state index in [9.17, 15) is 9.59 Å². The SMILES string of the molecule is O=C(N[C@H]1CCN(C(=O)C2CCCCC2)C1)c1ccc[nH]1. The van der Waals surface area contributed by atoms with Crippen molar-refractivity contribution in [1.82, 2.24) is 15.2 Å². The molecule has 0 unspecified atom stereocenters. The molecule has 2 amide bonds. The number of hydrogen-bond acceptors (Lipinski definition) is 2. The number of likely N-dealkylation sites (tertiary alicyclic amines) is 1. The molecule has 0 spiro atoms. The molecule has 3 rings (SSSR count). The Kier molecular flexibility index (Phi) is 4.27. The fraction of sp³-hybridized carbons (Fsp3) is 0.625. The summed E-state index contributed by atoms with van der Waals surface area (Å²) in [6.45, 7) is 1.42. The van der Waals surface area contributed by atoms with Crippen LogP contribution >= 0.6 is 0 Å². The van der Waals surface area contributed by atoms with Gasteiger partial charge in [-0.1, -0.05) is 19.3 Å². The van der Waals surface area contributed by atoms with Crippen LogP contribution in [0.3, 0.4) is 0 Å². The molecule has 1 saturated carbocycles. The third kappa shape index (κ3) is 3.28. The Morgan fingerprint density at radius 3 is 2.71 bits per heavy atom. The molecule has 0 radical (unpaired) electrons. The third-order valence-electron chi connectivity index (χ3n) is 4.63. The summed E-state index contributed by atoms with van der Waals surface area (Å²) in [4.78, 5) is 29.3. The van der Waals surface area contributed by atoms with E-state index in [1.54, 1.807) is 12.3 Å². The molecule has 2 aliphatic rings. The van der Waals surface area contributed by atoms with E-state index in [4.69, 9.17) is 0 Å². The van der Waals surface area contributed by atoms with Crippen molar-refractivity contribution in [2.75, 3.05) is 13.1 Å². The standard InChI is InChI=1S/C16H23N3O2/c20-15(14-7-4-9-17-14)18-13-8-10-19(11-13)16(21)12-5-2-1-3-6-12/h4,7,9,12-13,17H,1-3,5-6,8,10-11H2,(H,18,20)/t13-/m0/s1. The lowest BCUT2D eigenvalue weighted by molar-refractivity contribution is -0.135. The molecule has 1 aromatic heterocycles. The molecule has 5 heteroatoms. The lowest BCUT2D eigenvalue weighted by Gasteiger charge is -2.26. The van der Waals surface area contributed by atoms with E-state index in [-0.39, 0.29) is 17.9 Å². The van der Waals surface area contributed by atoms with Crippen LogP contribution in [-0.4, -0.2) is 40.8 Å². The van der Waals surface area contributed by atoms with Crippen molar-refractivity contribution in [2.45, 2.75) is 44.6 Å². The molecule has 5 nitrogen and oxygen atoms in total. The minimum absolute atomic E-state index is 0.0772. The van der Waals surface area contributed by atoms with Crippen LogP contribution in [0.5, 0.6) is 0 Å². The highest BCUT2D eigenvalue weighted by Gasteiger charge is 2.32. The second-order valence-electron chi connectivity index (χ2n) is 6.16. The van der Waals surface area contributed by atoms with Crippen molar-refractivity contribution in [3.63, 3.8) is 0 Å². The highest BCUT2D eigenvalue weighted by atomic mass is 16.2. The first-order valence-corrected chi connectivity index (χ1v) is 7.97. The van der Waals surface area contributed by atoms with Gasteiger partial charge in [0.25, 0.3) is 5.91 Å². The van der Waals surface area contributed by atoms with Gasteiger partial charge in [-0.15, -0.1) is 0 Å². The van der Waals surface area contributed by atoms with Crippen LogP contribution in [0.15, 0.2) is 18.3 Å². The number of H-pyrrole nitrogens is 1. The van der Waals surface area contributed by atoms with Crippen LogP contribution in [0.4, 0.5) is 0 Å². The second kappa shape index (κ2) is 6.33. The van der Waals surface area contributed by atoms with Crippen molar-refractivity contribution >= 4 is 11.8 Å². The highest BCUT2D eigenvalue weighted by Crippen LogP contribution is 2.26. The van der Waals surface area contributed by atoms with Gasteiger partial charge in [0.05, 0.1) is 0 Å². The van der Waals surface area contributed by atoms with Gasteiger partial charge in [-0.2, -0.15) is 0 Å². The lowest BCUT2D eigenvalue weighted by Crippen LogP contribution is -2.40. The number of nitrogens with one attached hydrogen (secondary N) is 2. The Hall–Kier alpha value is -1.78. The van der Waals surface area contributed by atoms with Gasteiger partial charge in [0.15, 0.2) is 0 Å². The topological polar surface area (TPSA) is 65.2 Å². The van der Waals surface area contributed by atoms with Crippen molar-refractivity contribution in [1.29, 1.82) is 0 Å². The van der Waals surface area contributed by atoms with Gasteiger partial charge in [0, 0.05) is 31.2 Å². The molecule has 1 aromatic rings. The quantitative estimate of drug-likeness (QED) is 0.893. The van der Waals surface area contributed by atoms with E-state index in [0.29, 0.717) is 18.1 Å². The van der Waals surface area contributed by atoms with Gasteiger partial charge in [0.2, 0.25) is 5.91 Å². The van der Waals surface area contributed by atoms with E-state index >= 15 is 0 Å². The van der Waals surface area contributed by atoms with Crippen LogP contribution in [0.2, 0.25) is 0 Å². The fourth-order valence-corrected chi connectivity index (χ4v) is 3.42. The molecular weight excluding hydrogens is 266 g/mol. The maximum atomic E-state index is 12.5. The monoisotopic (exact) mass is 289 g/mol. The summed E-state index contributed by atoms with van der Waals surface area (Å²) in [6.07, 6.45) is 8.28. The van der Waals surface area contributed by atoms with Gasteiger partial charge < -0.3 is 15.2 Å². The van der Waals surface area contributed by atoms with Crippen LogP contribution < -0.4 is 5.32 Å². The van der Waals surface area contributed by atoms with Gasteiger partial charge in [-0.3, -0.25) is 9.59 Å². The molecular formula is C16H23N3O2. The third-order valence-corrected chi connectivity index (χ3v) is 4.63. The number of hydrogen-bond donors (Lipinski definition) is 2. The molecule has 1 saturated heterocycles. The van der Waals surface area contributed by atoms with E-state index in [0.717, 1.165) is 25.8 Å². The van der Waals surface area contributed by atoms with Crippen molar-refractivity contribution in [2.24, 2.45) is 5.92 Å². The van der Waals surface area contributed by atoms with E-state index in [1.165, 1.54) is 19.3 Å². The molecule has 2 fully saturated rings. The number of carbonyl (C=O) groups excluding carboxylic acids is 2. The lowest BCUT2D eigenvalue weighted by atomic mass is 9.88. The summed E-state index contributed by atoms with van der Waals surface area (Å²) in [5.74, 6) is 0.430. The average molecular weight is 289 g/mol. The van der Waals surface area contributed by atoms with E-state index < -0.39 is 0 Å². The normalized spacial score (nSPS) is 23.2. The number of aromatic nitrogens is 1. The molecule has 1 aliphatic carbocycles. The summed E-state index contributed by atoms with van der Waals surface area (Å²) >= 11 is 0.